The molecular weight excluding hydrogens is 342 g/mol. The molecule has 0 amide bonds. The average molecular weight is 359 g/mol. The van der Waals surface area contributed by atoms with Crippen LogP contribution in [0.25, 0.3) is 0 Å². The Hall–Kier alpha value is -3.59. The second-order valence-electron chi connectivity index (χ2n) is 6.17. The lowest BCUT2D eigenvalue weighted by molar-refractivity contribution is 0.0909. The Morgan fingerprint density at radius 1 is 1.11 bits per heavy atom. The summed E-state index contributed by atoms with van der Waals surface area (Å²) in [6.07, 6.45) is 3.88. The highest BCUT2D eigenvalue weighted by Gasteiger charge is 2.23. The fourth-order valence-corrected chi connectivity index (χ4v) is 2.97. The van der Waals surface area contributed by atoms with E-state index < -0.39 is 0 Å². The van der Waals surface area contributed by atoms with Gasteiger partial charge in [-0.3, -0.25) is 0 Å². The highest BCUT2D eigenvalue weighted by molar-refractivity contribution is 5.46. The molecule has 0 aliphatic carbocycles. The van der Waals surface area contributed by atoms with E-state index in [1.54, 1.807) is 25.6 Å². The van der Waals surface area contributed by atoms with Gasteiger partial charge in [-0.25, -0.2) is 9.97 Å². The summed E-state index contributed by atoms with van der Waals surface area (Å²) < 4.78 is 17.1. The molecule has 27 heavy (non-hydrogen) atoms. The Morgan fingerprint density at radius 3 is 2.78 bits per heavy atom. The molecule has 6 heteroatoms. The van der Waals surface area contributed by atoms with Crippen molar-refractivity contribution in [3.63, 3.8) is 0 Å². The smallest absolute Gasteiger partial charge is 0.212 e. The average Bonchev–Trinajstić information content (AvgIpc) is 2.73. The van der Waals surface area contributed by atoms with Gasteiger partial charge >= 0.3 is 0 Å². The lowest BCUT2D eigenvalue weighted by atomic mass is 10.0. The van der Waals surface area contributed by atoms with Gasteiger partial charge in [0.2, 0.25) is 5.88 Å². The predicted molar refractivity (Wildman–Crippen MR) is 97.9 cm³/mol. The van der Waals surface area contributed by atoms with Crippen molar-refractivity contribution < 1.29 is 14.2 Å². The van der Waals surface area contributed by atoms with Crippen molar-refractivity contribution >= 4 is 0 Å². The molecule has 0 saturated heterocycles. The molecule has 1 aromatic carbocycles. The molecule has 2 aromatic heterocycles. The molecule has 0 N–H and O–H groups in total. The van der Waals surface area contributed by atoms with Gasteiger partial charge in [0, 0.05) is 24.0 Å². The van der Waals surface area contributed by atoms with Crippen LogP contribution in [0.4, 0.5) is 0 Å². The molecule has 1 unspecified atom stereocenters. The molecular formula is C21H17N3O3. The van der Waals surface area contributed by atoms with E-state index in [0.717, 1.165) is 22.4 Å². The molecule has 0 bridgehead atoms. The number of aromatic nitrogens is 2. The van der Waals surface area contributed by atoms with E-state index in [-0.39, 0.29) is 6.10 Å². The van der Waals surface area contributed by atoms with Crippen molar-refractivity contribution in [2.24, 2.45) is 0 Å². The first-order chi connectivity index (χ1) is 13.2. The van der Waals surface area contributed by atoms with Gasteiger partial charge in [-0.15, -0.1) is 0 Å². The summed E-state index contributed by atoms with van der Waals surface area (Å²) in [6.45, 7) is 0.415. The maximum absolute atomic E-state index is 8.97. The van der Waals surface area contributed by atoms with Crippen molar-refractivity contribution in [3.05, 3.63) is 77.2 Å². The molecule has 1 aliphatic rings. The van der Waals surface area contributed by atoms with Gasteiger partial charge in [0.05, 0.1) is 7.11 Å². The number of nitrogens with zero attached hydrogens (tertiary/aromatic N) is 3. The van der Waals surface area contributed by atoms with Gasteiger partial charge in [0.15, 0.2) is 17.6 Å². The van der Waals surface area contributed by atoms with Crippen LogP contribution in [-0.2, 0) is 6.42 Å². The zero-order valence-electron chi connectivity index (χ0n) is 14.8. The molecule has 3 heterocycles. The van der Waals surface area contributed by atoms with Crippen LogP contribution >= 0.6 is 0 Å². The second-order valence-corrected chi connectivity index (χ2v) is 6.17. The lowest BCUT2D eigenvalue weighted by Gasteiger charge is -2.27. The first-order valence-corrected chi connectivity index (χ1v) is 8.52. The molecule has 134 valence electrons. The monoisotopic (exact) mass is 359 g/mol. The summed E-state index contributed by atoms with van der Waals surface area (Å²) in [7, 11) is 1.59. The second kappa shape index (κ2) is 7.34. The van der Waals surface area contributed by atoms with Crippen LogP contribution in [0.1, 0.15) is 28.5 Å². The van der Waals surface area contributed by atoms with Gasteiger partial charge in [-0.05, 0) is 47.9 Å². The molecule has 6 nitrogen and oxygen atoms in total. The summed E-state index contributed by atoms with van der Waals surface area (Å²) in [5.74, 6) is 1.99. The summed E-state index contributed by atoms with van der Waals surface area (Å²) in [5, 5.41) is 8.97. The number of hydrogen-bond donors (Lipinski definition) is 0. The molecule has 0 saturated carbocycles. The molecule has 0 radical (unpaired) electrons. The maximum Gasteiger partial charge on any atom is 0.212 e. The zero-order chi connectivity index (χ0) is 18.6. The zero-order valence-corrected chi connectivity index (χ0v) is 14.8. The lowest BCUT2D eigenvalue weighted by Crippen LogP contribution is -2.21. The summed E-state index contributed by atoms with van der Waals surface area (Å²) >= 11 is 0. The highest BCUT2D eigenvalue weighted by Crippen LogP contribution is 2.37. The van der Waals surface area contributed by atoms with Crippen molar-refractivity contribution in [2.45, 2.75) is 12.5 Å². The van der Waals surface area contributed by atoms with Crippen LogP contribution in [0.15, 0.2) is 54.9 Å². The third kappa shape index (κ3) is 3.67. The summed E-state index contributed by atoms with van der Waals surface area (Å²) in [5.41, 5.74) is 3.46. The van der Waals surface area contributed by atoms with Crippen LogP contribution in [0.5, 0.6) is 17.4 Å². The third-order valence-electron chi connectivity index (χ3n) is 4.35. The molecule has 3 aromatic rings. The van der Waals surface area contributed by atoms with Crippen LogP contribution in [0.3, 0.4) is 0 Å². The number of nitriles is 1. The SMILES string of the molecule is COc1ccc(C2COc3cc(Cc4ccnc(C#N)c4)ccc3O2)cn1. The van der Waals surface area contributed by atoms with E-state index in [1.165, 1.54) is 0 Å². The summed E-state index contributed by atoms with van der Waals surface area (Å²) in [6, 6.07) is 15.4. The molecule has 0 fully saturated rings. The largest absolute Gasteiger partial charge is 0.485 e. The van der Waals surface area contributed by atoms with Gasteiger partial charge < -0.3 is 14.2 Å². The number of fused-ring (bicyclic) bond motifs is 1. The van der Waals surface area contributed by atoms with Crippen LogP contribution in [0, 0.1) is 11.3 Å². The van der Waals surface area contributed by atoms with Crippen LogP contribution in [-0.4, -0.2) is 23.7 Å². The van der Waals surface area contributed by atoms with E-state index in [0.29, 0.717) is 30.4 Å². The fourth-order valence-electron chi connectivity index (χ4n) is 2.97. The minimum absolute atomic E-state index is 0.208. The Bertz CT molecular complexity index is 996. The van der Waals surface area contributed by atoms with Crippen LogP contribution < -0.4 is 14.2 Å². The predicted octanol–water partition coefficient (Wildman–Crippen LogP) is 3.46. The van der Waals surface area contributed by atoms with Crippen molar-refractivity contribution in [2.75, 3.05) is 13.7 Å². The first-order valence-electron chi connectivity index (χ1n) is 8.52. The number of methoxy groups -OCH3 is 1. The molecule has 1 aliphatic heterocycles. The number of hydrogen-bond acceptors (Lipinski definition) is 6. The highest BCUT2D eigenvalue weighted by atomic mass is 16.6. The number of ether oxygens (including phenoxy) is 3. The van der Waals surface area contributed by atoms with Crippen LogP contribution in [0.2, 0.25) is 0 Å². The number of rotatable bonds is 4. The van der Waals surface area contributed by atoms with Gasteiger partial charge in [0.25, 0.3) is 0 Å². The van der Waals surface area contributed by atoms with Gasteiger partial charge in [-0.1, -0.05) is 6.07 Å². The van der Waals surface area contributed by atoms with Gasteiger partial charge in [0.1, 0.15) is 18.4 Å². The molecule has 4 rings (SSSR count). The Morgan fingerprint density at radius 2 is 2.00 bits per heavy atom. The minimum Gasteiger partial charge on any atom is -0.485 e. The minimum atomic E-state index is -0.208. The molecule has 0 spiro atoms. The van der Waals surface area contributed by atoms with E-state index in [4.69, 9.17) is 19.5 Å². The third-order valence-corrected chi connectivity index (χ3v) is 4.35. The van der Waals surface area contributed by atoms with E-state index in [9.17, 15) is 0 Å². The van der Waals surface area contributed by atoms with E-state index >= 15 is 0 Å². The standard InChI is InChI=1S/C21H17N3O3/c1-25-21-5-3-16(12-24-21)20-13-26-19-10-14(2-4-18(19)27-20)8-15-6-7-23-17(9-15)11-22/h2-7,9-10,12,20H,8,13H2,1H3. The number of pyridine rings is 2. The Labute approximate surface area is 157 Å². The van der Waals surface area contributed by atoms with Gasteiger partial charge in [-0.2, -0.15) is 5.26 Å². The topological polar surface area (TPSA) is 77.3 Å². The normalized spacial score (nSPS) is 15.0. The van der Waals surface area contributed by atoms with Crippen molar-refractivity contribution in [1.29, 1.82) is 5.26 Å². The van der Waals surface area contributed by atoms with E-state index in [2.05, 4.69) is 16.0 Å². The maximum atomic E-state index is 8.97. The fraction of sp³-hybridized carbons (Fsp3) is 0.190. The quantitative estimate of drug-likeness (QED) is 0.710. The van der Waals surface area contributed by atoms with Crippen molar-refractivity contribution in [1.82, 2.24) is 9.97 Å². The first kappa shape index (κ1) is 16.9. The summed E-state index contributed by atoms with van der Waals surface area (Å²) in [4.78, 5) is 8.22. The molecule has 1 atom stereocenters. The van der Waals surface area contributed by atoms with E-state index in [1.807, 2.05) is 36.4 Å². The Kier molecular flexibility index (Phi) is 4.58. The number of benzene rings is 1. The Balaban J connectivity index is 1.50. The van der Waals surface area contributed by atoms with Crippen molar-refractivity contribution in [3.8, 4) is 23.4 Å².